The number of amides is 1. The highest BCUT2D eigenvalue weighted by Crippen LogP contribution is 2.24. The van der Waals surface area contributed by atoms with Crippen LogP contribution in [0.5, 0.6) is 0 Å². The van der Waals surface area contributed by atoms with Crippen molar-refractivity contribution in [1.82, 2.24) is 30.4 Å². The molecular formula is C23H28N6O. The third-order valence-electron chi connectivity index (χ3n) is 5.66. The van der Waals surface area contributed by atoms with Crippen molar-refractivity contribution in [1.29, 1.82) is 0 Å². The van der Waals surface area contributed by atoms with Crippen LogP contribution in [-0.2, 0) is 11.3 Å². The zero-order valence-electron chi connectivity index (χ0n) is 17.3. The summed E-state index contributed by atoms with van der Waals surface area (Å²) in [5, 5.41) is 15.8. The van der Waals surface area contributed by atoms with Crippen molar-refractivity contribution in [2.24, 2.45) is 0 Å². The molecule has 0 aliphatic carbocycles. The third-order valence-corrected chi connectivity index (χ3v) is 5.66. The Morgan fingerprint density at radius 1 is 1.13 bits per heavy atom. The molecule has 1 fully saturated rings. The van der Waals surface area contributed by atoms with Gasteiger partial charge in [0.25, 0.3) is 0 Å². The van der Waals surface area contributed by atoms with E-state index in [1.54, 1.807) is 4.80 Å². The highest BCUT2D eigenvalue weighted by molar-refractivity contribution is 5.76. The van der Waals surface area contributed by atoms with E-state index in [0.29, 0.717) is 31.3 Å². The van der Waals surface area contributed by atoms with E-state index in [1.165, 1.54) is 5.56 Å². The smallest absolute Gasteiger partial charge is 0.220 e. The quantitative estimate of drug-likeness (QED) is 0.624. The fraction of sp³-hybridized carbons (Fsp3) is 0.391. The van der Waals surface area contributed by atoms with Gasteiger partial charge in [0.05, 0.1) is 6.54 Å². The number of nitrogens with one attached hydrogen (secondary N) is 1. The number of hydrogen-bond donors (Lipinski definition) is 1. The zero-order valence-corrected chi connectivity index (χ0v) is 17.3. The minimum absolute atomic E-state index is 0.0950. The number of nitrogens with zero attached hydrogens (tertiary/aromatic N) is 5. The second-order valence-electron chi connectivity index (χ2n) is 7.81. The van der Waals surface area contributed by atoms with Gasteiger partial charge >= 0.3 is 0 Å². The molecule has 2 heterocycles. The van der Waals surface area contributed by atoms with Gasteiger partial charge in [-0.3, -0.25) is 9.69 Å². The molecule has 1 aliphatic heterocycles. The molecule has 0 radical (unpaired) electrons. The fourth-order valence-electron chi connectivity index (χ4n) is 3.92. The predicted octanol–water partition coefficient (Wildman–Crippen LogP) is 3.07. The summed E-state index contributed by atoms with van der Waals surface area (Å²) in [5.74, 6) is 0.705. The molecule has 1 aliphatic rings. The van der Waals surface area contributed by atoms with Crippen molar-refractivity contribution < 1.29 is 4.79 Å². The molecule has 2 aromatic carbocycles. The summed E-state index contributed by atoms with van der Waals surface area (Å²) >= 11 is 0. The molecule has 1 saturated heterocycles. The van der Waals surface area contributed by atoms with Crippen LogP contribution in [0.25, 0.3) is 11.4 Å². The van der Waals surface area contributed by atoms with Crippen LogP contribution in [-0.4, -0.2) is 50.1 Å². The lowest BCUT2D eigenvalue weighted by Crippen LogP contribution is -2.37. The predicted molar refractivity (Wildman–Crippen MR) is 115 cm³/mol. The molecule has 2 unspecified atom stereocenters. The molecule has 0 saturated carbocycles. The summed E-state index contributed by atoms with van der Waals surface area (Å²) in [6.07, 6.45) is 2.15. The Bertz CT molecular complexity index is 943. The second-order valence-corrected chi connectivity index (χ2v) is 7.81. The number of carbonyl (C=O) groups is 1. The lowest BCUT2D eigenvalue weighted by Gasteiger charge is -2.24. The molecular weight excluding hydrogens is 376 g/mol. The lowest BCUT2D eigenvalue weighted by atomic mass is 10.1. The Morgan fingerprint density at radius 3 is 2.63 bits per heavy atom. The van der Waals surface area contributed by atoms with Crippen molar-refractivity contribution in [3.63, 3.8) is 0 Å². The highest BCUT2D eigenvalue weighted by atomic mass is 16.1. The molecule has 0 bridgehead atoms. The normalized spacial score (nSPS) is 17.7. The van der Waals surface area contributed by atoms with E-state index in [2.05, 4.69) is 56.8 Å². The van der Waals surface area contributed by atoms with Gasteiger partial charge in [0.2, 0.25) is 11.7 Å². The molecule has 156 valence electrons. The van der Waals surface area contributed by atoms with Gasteiger partial charge in [-0.15, -0.1) is 10.2 Å². The van der Waals surface area contributed by atoms with Gasteiger partial charge in [0.15, 0.2) is 0 Å². The summed E-state index contributed by atoms with van der Waals surface area (Å²) in [7, 11) is 0. The van der Waals surface area contributed by atoms with Gasteiger partial charge in [-0.1, -0.05) is 60.7 Å². The van der Waals surface area contributed by atoms with Crippen LogP contribution in [0.15, 0.2) is 60.7 Å². The molecule has 1 aromatic heterocycles. The summed E-state index contributed by atoms with van der Waals surface area (Å²) in [5.41, 5.74) is 2.26. The van der Waals surface area contributed by atoms with Gasteiger partial charge < -0.3 is 5.32 Å². The highest BCUT2D eigenvalue weighted by Gasteiger charge is 2.27. The largest absolute Gasteiger partial charge is 0.352 e. The number of likely N-dealkylation sites (tertiary alicyclic amines) is 1. The minimum atomic E-state index is 0.0950. The number of carbonyl (C=O) groups excluding carboxylic acids is 1. The van der Waals surface area contributed by atoms with Crippen LogP contribution in [0, 0.1) is 0 Å². The molecule has 7 nitrogen and oxygen atoms in total. The van der Waals surface area contributed by atoms with Crippen molar-refractivity contribution in [3.05, 3.63) is 66.2 Å². The van der Waals surface area contributed by atoms with E-state index in [9.17, 15) is 4.79 Å². The van der Waals surface area contributed by atoms with Gasteiger partial charge in [0.1, 0.15) is 0 Å². The fourth-order valence-corrected chi connectivity index (χ4v) is 3.92. The summed E-state index contributed by atoms with van der Waals surface area (Å²) in [4.78, 5) is 16.4. The van der Waals surface area contributed by atoms with Gasteiger partial charge in [-0.2, -0.15) is 4.80 Å². The molecule has 4 rings (SSSR count). The van der Waals surface area contributed by atoms with E-state index >= 15 is 0 Å². The Labute approximate surface area is 177 Å². The topological polar surface area (TPSA) is 75.9 Å². The average molecular weight is 405 g/mol. The Kier molecular flexibility index (Phi) is 6.49. The lowest BCUT2D eigenvalue weighted by molar-refractivity contribution is -0.121. The standard InChI is InChI=1S/C23H28N6O/c1-18(19-9-4-2-5-10-19)28-16-14-21(17-28)24-22(30)13-8-15-29-26-23(25-27-29)20-11-6-3-7-12-20/h2-7,9-12,18,21H,8,13-17H2,1H3,(H,24,30). The van der Waals surface area contributed by atoms with Crippen molar-refractivity contribution in [2.75, 3.05) is 13.1 Å². The SMILES string of the molecule is CC(c1ccccc1)N1CCC(NC(=O)CCCn2nnc(-c3ccccc3)n2)C1. The van der Waals surface area contributed by atoms with E-state index in [1.807, 2.05) is 36.4 Å². The first kappa shape index (κ1) is 20.2. The van der Waals surface area contributed by atoms with E-state index in [-0.39, 0.29) is 11.9 Å². The summed E-state index contributed by atoms with van der Waals surface area (Å²) in [6, 6.07) is 20.9. The van der Waals surface area contributed by atoms with E-state index in [4.69, 9.17) is 0 Å². The van der Waals surface area contributed by atoms with Crippen LogP contribution in [0.4, 0.5) is 0 Å². The van der Waals surface area contributed by atoms with Crippen LogP contribution >= 0.6 is 0 Å². The molecule has 3 aromatic rings. The molecule has 0 spiro atoms. The number of aromatic nitrogens is 4. The number of aryl methyl sites for hydroxylation is 1. The van der Waals surface area contributed by atoms with E-state index < -0.39 is 0 Å². The van der Waals surface area contributed by atoms with Crippen LogP contribution in [0.3, 0.4) is 0 Å². The van der Waals surface area contributed by atoms with E-state index in [0.717, 1.165) is 25.1 Å². The third kappa shape index (κ3) is 5.10. The van der Waals surface area contributed by atoms with Gasteiger partial charge in [0, 0.05) is 37.2 Å². The summed E-state index contributed by atoms with van der Waals surface area (Å²) < 4.78 is 0. The second kappa shape index (κ2) is 9.63. The number of benzene rings is 2. The molecule has 1 N–H and O–H groups in total. The Balaban J connectivity index is 1.19. The molecule has 2 atom stereocenters. The Hall–Kier alpha value is -3.06. The monoisotopic (exact) mass is 404 g/mol. The first-order valence-corrected chi connectivity index (χ1v) is 10.6. The molecule has 1 amide bonds. The van der Waals surface area contributed by atoms with Crippen molar-refractivity contribution in [2.45, 2.75) is 44.8 Å². The minimum Gasteiger partial charge on any atom is -0.352 e. The van der Waals surface area contributed by atoms with Crippen LogP contribution in [0.1, 0.15) is 37.8 Å². The first-order chi connectivity index (χ1) is 14.7. The van der Waals surface area contributed by atoms with Crippen molar-refractivity contribution >= 4 is 5.91 Å². The first-order valence-electron chi connectivity index (χ1n) is 10.6. The van der Waals surface area contributed by atoms with Gasteiger partial charge in [-0.25, -0.2) is 0 Å². The van der Waals surface area contributed by atoms with Crippen molar-refractivity contribution in [3.8, 4) is 11.4 Å². The number of hydrogen-bond acceptors (Lipinski definition) is 5. The number of tetrazole rings is 1. The average Bonchev–Trinajstić information content (AvgIpc) is 3.44. The maximum absolute atomic E-state index is 12.4. The van der Waals surface area contributed by atoms with Crippen LogP contribution < -0.4 is 5.32 Å². The Morgan fingerprint density at radius 2 is 1.87 bits per heavy atom. The zero-order chi connectivity index (χ0) is 20.8. The maximum atomic E-state index is 12.4. The molecule has 7 heteroatoms. The maximum Gasteiger partial charge on any atom is 0.220 e. The number of rotatable bonds is 8. The molecule has 30 heavy (non-hydrogen) atoms. The van der Waals surface area contributed by atoms with Crippen LogP contribution in [0.2, 0.25) is 0 Å². The van der Waals surface area contributed by atoms with Gasteiger partial charge in [-0.05, 0) is 30.5 Å². The summed E-state index contributed by atoms with van der Waals surface area (Å²) in [6.45, 7) is 4.71.